The maximum atomic E-state index is 4.77. The standard InChI is InChI=1S/C16H17N5/c1-12-16(19-15-5-3-2-4-14(15)18-12)21-9-13(10-21)8-20-7-6-17-11-20/h2-7,11,13H,8-10H2,1H3. The lowest BCUT2D eigenvalue weighted by Crippen LogP contribution is -2.49. The Hall–Kier alpha value is -2.43. The van der Waals surface area contributed by atoms with E-state index in [4.69, 9.17) is 4.98 Å². The Bertz CT molecular complexity index is 759. The summed E-state index contributed by atoms with van der Waals surface area (Å²) in [5.74, 6) is 1.68. The summed E-state index contributed by atoms with van der Waals surface area (Å²) >= 11 is 0. The molecule has 1 aliphatic heterocycles. The van der Waals surface area contributed by atoms with E-state index in [-0.39, 0.29) is 0 Å². The van der Waals surface area contributed by atoms with Gasteiger partial charge in [-0.15, -0.1) is 0 Å². The predicted molar refractivity (Wildman–Crippen MR) is 82.2 cm³/mol. The van der Waals surface area contributed by atoms with Crippen molar-refractivity contribution < 1.29 is 0 Å². The van der Waals surface area contributed by atoms with Gasteiger partial charge in [0.05, 0.1) is 23.1 Å². The summed E-state index contributed by atoms with van der Waals surface area (Å²) in [4.78, 5) is 15.8. The number of imidazole rings is 1. The van der Waals surface area contributed by atoms with E-state index in [1.165, 1.54) is 0 Å². The quantitative estimate of drug-likeness (QED) is 0.738. The minimum atomic E-state index is 0.659. The van der Waals surface area contributed by atoms with Crippen molar-refractivity contribution in [1.82, 2.24) is 19.5 Å². The van der Waals surface area contributed by atoms with Crippen LogP contribution in [0.25, 0.3) is 11.0 Å². The molecule has 0 N–H and O–H groups in total. The van der Waals surface area contributed by atoms with Gasteiger partial charge in [0.2, 0.25) is 0 Å². The normalized spacial score (nSPS) is 15.4. The van der Waals surface area contributed by atoms with Crippen LogP contribution in [0.3, 0.4) is 0 Å². The number of hydrogen-bond acceptors (Lipinski definition) is 4. The molecule has 0 radical (unpaired) electrons. The molecule has 1 saturated heterocycles. The largest absolute Gasteiger partial charge is 0.354 e. The van der Waals surface area contributed by atoms with Crippen LogP contribution in [-0.2, 0) is 6.54 Å². The average Bonchev–Trinajstić information content (AvgIpc) is 2.95. The van der Waals surface area contributed by atoms with Crippen LogP contribution in [0.4, 0.5) is 5.82 Å². The van der Waals surface area contributed by atoms with Crippen molar-refractivity contribution in [2.45, 2.75) is 13.5 Å². The first kappa shape index (κ1) is 12.3. The molecule has 5 nitrogen and oxygen atoms in total. The van der Waals surface area contributed by atoms with Crippen LogP contribution in [0.1, 0.15) is 5.69 Å². The Kier molecular flexibility index (Phi) is 2.84. The molecule has 106 valence electrons. The molecule has 0 bridgehead atoms. The van der Waals surface area contributed by atoms with Crippen molar-refractivity contribution in [3.63, 3.8) is 0 Å². The van der Waals surface area contributed by atoms with Crippen LogP contribution >= 0.6 is 0 Å². The van der Waals surface area contributed by atoms with Crippen molar-refractivity contribution >= 4 is 16.9 Å². The van der Waals surface area contributed by atoms with Gasteiger partial charge in [-0.1, -0.05) is 12.1 Å². The van der Waals surface area contributed by atoms with E-state index in [1.807, 2.05) is 49.9 Å². The zero-order valence-corrected chi connectivity index (χ0v) is 12.0. The van der Waals surface area contributed by atoms with Crippen LogP contribution in [-0.4, -0.2) is 32.6 Å². The smallest absolute Gasteiger partial charge is 0.150 e. The lowest BCUT2D eigenvalue weighted by Gasteiger charge is -2.40. The number of aryl methyl sites for hydroxylation is 1. The highest BCUT2D eigenvalue weighted by Gasteiger charge is 2.29. The molecule has 0 atom stereocenters. The van der Waals surface area contributed by atoms with Gasteiger partial charge >= 0.3 is 0 Å². The molecule has 1 aliphatic rings. The summed E-state index contributed by atoms with van der Waals surface area (Å²) in [6, 6.07) is 8.04. The van der Waals surface area contributed by atoms with E-state index >= 15 is 0 Å². The Balaban J connectivity index is 1.52. The van der Waals surface area contributed by atoms with Crippen LogP contribution in [0, 0.1) is 12.8 Å². The lowest BCUT2D eigenvalue weighted by molar-refractivity contribution is 0.355. The van der Waals surface area contributed by atoms with Gasteiger partial charge in [-0.25, -0.2) is 15.0 Å². The van der Waals surface area contributed by atoms with E-state index in [9.17, 15) is 0 Å². The third-order valence-corrected chi connectivity index (χ3v) is 4.00. The molecule has 0 spiro atoms. The minimum Gasteiger partial charge on any atom is -0.354 e. The van der Waals surface area contributed by atoms with Crippen LogP contribution in [0.5, 0.6) is 0 Å². The van der Waals surface area contributed by atoms with Gasteiger partial charge in [-0.3, -0.25) is 0 Å². The van der Waals surface area contributed by atoms with Crippen LogP contribution < -0.4 is 4.90 Å². The van der Waals surface area contributed by atoms with Gasteiger partial charge in [0.1, 0.15) is 0 Å². The zero-order valence-electron chi connectivity index (χ0n) is 12.0. The SMILES string of the molecule is Cc1nc2ccccc2nc1N1CC(Cn2ccnc2)C1. The lowest BCUT2D eigenvalue weighted by atomic mass is 10.00. The molecule has 0 aliphatic carbocycles. The summed E-state index contributed by atoms with van der Waals surface area (Å²) in [5, 5.41) is 0. The van der Waals surface area contributed by atoms with Gasteiger partial charge in [0, 0.05) is 37.9 Å². The zero-order chi connectivity index (χ0) is 14.2. The number of fused-ring (bicyclic) bond motifs is 1. The van der Waals surface area contributed by atoms with Gasteiger partial charge in [0.15, 0.2) is 5.82 Å². The molecule has 0 amide bonds. The third kappa shape index (κ3) is 2.24. The van der Waals surface area contributed by atoms with Gasteiger partial charge in [-0.2, -0.15) is 0 Å². The predicted octanol–water partition coefficient (Wildman–Crippen LogP) is 2.27. The highest BCUT2D eigenvalue weighted by Crippen LogP contribution is 2.27. The summed E-state index contributed by atoms with van der Waals surface area (Å²) < 4.78 is 2.14. The molecule has 3 aromatic rings. The van der Waals surface area contributed by atoms with Crippen molar-refractivity contribution in [3.8, 4) is 0 Å². The number of anilines is 1. The molecule has 3 heterocycles. The van der Waals surface area contributed by atoms with Crippen LogP contribution in [0.2, 0.25) is 0 Å². The molecule has 21 heavy (non-hydrogen) atoms. The number of hydrogen-bond donors (Lipinski definition) is 0. The monoisotopic (exact) mass is 279 g/mol. The summed E-state index contributed by atoms with van der Waals surface area (Å²) in [5.41, 5.74) is 2.94. The second-order valence-corrected chi connectivity index (χ2v) is 5.65. The van der Waals surface area contributed by atoms with E-state index in [2.05, 4.69) is 19.4 Å². The first-order chi connectivity index (χ1) is 10.3. The van der Waals surface area contributed by atoms with Crippen molar-refractivity contribution in [2.75, 3.05) is 18.0 Å². The van der Waals surface area contributed by atoms with Crippen LogP contribution in [0.15, 0.2) is 43.0 Å². The van der Waals surface area contributed by atoms with E-state index in [0.717, 1.165) is 42.2 Å². The summed E-state index contributed by atoms with van der Waals surface area (Å²) in [6.07, 6.45) is 5.73. The topological polar surface area (TPSA) is 46.8 Å². The van der Waals surface area contributed by atoms with E-state index < -0.39 is 0 Å². The van der Waals surface area contributed by atoms with E-state index in [0.29, 0.717) is 5.92 Å². The first-order valence-corrected chi connectivity index (χ1v) is 7.23. The number of para-hydroxylation sites is 2. The van der Waals surface area contributed by atoms with Gasteiger partial charge in [-0.05, 0) is 19.1 Å². The average molecular weight is 279 g/mol. The number of aromatic nitrogens is 4. The molecule has 1 fully saturated rings. The molecule has 5 heteroatoms. The van der Waals surface area contributed by atoms with Crippen molar-refractivity contribution in [3.05, 3.63) is 48.7 Å². The Labute approximate surface area is 123 Å². The fourth-order valence-electron chi connectivity index (χ4n) is 2.93. The summed E-state index contributed by atoms with van der Waals surface area (Å²) in [6.45, 7) is 5.13. The highest BCUT2D eigenvalue weighted by atomic mass is 15.3. The maximum Gasteiger partial charge on any atom is 0.150 e. The number of benzene rings is 1. The van der Waals surface area contributed by atoms with Gasteiger partial charge in [0.25, 0.3) is 0 Å². The maximum absolute atomic E-state index is 4.77. The highest BCUT2D eigenvalue weighted by molar-refractivity contribution is 5.76. The fraction of sp³-hybridized carbons (Fsp3) is 0.312. The first-order valence-electron chi connectivity index (χ1n) is 7.23. The Morgan fingerprint density at radius 2 is 1.90 bits per heavy atom. The molecular formula is C16H17N5. The van der Waals surface area contributed by atoms with Gasteiger partial charge < -0.3 is 9.47 Å². The Morgan fingerprint density at radius 1 is 1.14 bits per heavy atom. The molecule has 1 aromatic carbocycles. The van der Waals surface area contributed by atoms with Crippen molar-refractivity contribution in [2.24, 2.45) is 5.92 Å². The third-order valence-electron chi connectivity index (χ3n) is 4.00. The Morgan fingerprint density at radius 3 is 2.62 bits per heavy atom. The van der Waals surface area contributed by atoms with E-state index in [1.54, 1.807) is 0 Å². The number of rotatable bonds is 3. The summed E-state index contributed by atoms with van der Waals surface area (Å²) in [7, 11) is 0. The van der Waals surface area contributed by atoms with Crippen molar-refractivity contribution in [1.29, 1.82) is 0 Å². The molecule has 4 rings (SSSR count). The second-order valence-electron chi connectivity index (χ2n) is 5.65. The minimum absolute atomic E-state index is 0.659. The molecular weight excluding hydrogens is 262 g/mol. The second kappa shape index (κ2) is 4.84. The molecule has 2 aromatic heterocycles. The number of nitrogens with zero attached hydrogens (tertiary/aromatic N) is 5. The molecule has 0 unspecified atom stereocenters. The fourth-order valence-corrected chi connectivity index (χ4v) is 2.93. The molecule has 0 saturated carbocycles.